The van der Waals surface area contributed by atoms with Gasteiger partial charge in [-0.05, 0) is 38.7 Å². The standard InChI is InChI=1S/C13H33O4Si3/c1-9-10-11-13(20(14-2,15-3)16-4)12-19(7,8)17-18(5)6/h13H,9-12H2,1-8H3. The fraction of sp³-hybridized carbons (Fsp3) is 1.00. The molecule has 4 nitrogen and oxygen atoms in total. The third-order valence-electron chi connectivity index (χ3n) is 3.48. The van der Waals surface area contributed by atoms with E-state index in [0.717, 1.165) is 12.5 Å². The average Bonchev–Trinajstić information content (AvgIpc) is 2.36. The largest absolute Gasteiger partial charge is 0.503 e. The van der Waals surface area contributed by atoms with Crippen molar-refractivity contribution < 1.29 is 17.4 Å². The Labute approximate surface area is 129 Å². The van der Waals surface area contributed by atoms with Gasteiger partial charge in [0.2, 0.25) is 0 Å². The summed E-state index contributed by atoms with van der Waals surface area (Å²) in [5, 5.41) is 0. The summed E-state index contributed by atoms with van der Waals surface area (Å²) in [6.45, 7) is 11.2. The smallest absolute Gasteiger partial charge is 0.456 e. The van der Waals surface area contributed by atoms with E-state index < -0.39 is 26.2 Å². The Bertz CT molecular complexity index is 250. The maximum Gasteiger partial charge on any atom is 0.503 e. The molecule has 1 unspecified atom stereocenters. The molecular formula is C13H33O4Si3. The topological polar surface area (TPSA) is 36.9 Å². The van der Waals surface area contributed by atoms with Crippen molar-refractivity contribution in [3.8, 4) is 0 Å². The molecule has 0 spiro atoms. The van der Waals surface area contributed by atoms with E-state index in [4.69, 9.17) is 17.4 Å². The highest BCUT2D eigenvalue weighted by atomic mass is 28.4. The van der Waals surface area contributed by atoms with Crippen LogP contribution in [-0.4, -0.2) is 47.5 Å². The third kappa shape index (κ3) is 6.50. The highest BCUT2D eigenvalue weighted by Crippen LogP contribution is 2.37. The Morgan fingerprint density at radius 3 is 1.85 bits per heavy atom. The van der Waals surface area contributed by atoms with Gasteiger partial charge in [-0.2, -0.15) is 0 Å². The molecule has 0 aromatic heterocycles. The second-order valence-corrected chi connectivity index (χ2v) is 15.8. The number of unbranched alkanes of at least 4 members (excludes halogenated alkanes) is 1. The lowest BCUT2D eigenvalue weighted by Gasteiger charge is -2.37. The molecule has 0 aliphatic rings. The first-order chi connectivity index (χ1) is 9.26. The van der Waals surface area contributed by atoms with Crippen LogP contribution in [0.2, 0.25) is 37.8 Å². The zero-order chi connectivity index (χ0) is 15.8. The van der Waals surface area contributed by atoms with Crippen molar-refractivity contribution in [1.82, 2.24) is 0 Å². The van der Waals surface area contributed by atoms with Crippen LogP contribution in [-0.2, 0) is 17.4 Å². The molecule has 0 aromatic carbocycles. The van der Waals surface area contributed by atoms with Crippen LogP contribution in [0.5, 0.6) is 0 Å². The fourth-order valence-corrected chi connectivity index (χ4v) is 13.5. The monoisotopic (exact) mass is 337 g/mol. The molecule has 0 fully saturated rings. The molecule has 20 heavy (non-hydrogen) atoms. The Kier molecular flexibility index (Phi) is 9.73. The van der Waals surface area contributed by atoms with Crippen molar-refractivity contribution in [2.75, 3.05) is 21.3 Å². The number of hydrogen-bond donors (Lipinski definition) is 0. The van der Waals surface area contributed by atoms with Gasteiger partial charge in [-0.25, -0.2) is 0 Å². The van der Waals surface area contributed by atoms with Gasteiger partial charge in [0.1, 0.15) is 0 Å². The van der Waals surface area contributed by atoms with E-state index in [9.17, 15) is 0 Å². The Balaban J connectivity index is 5.04. The van der Waals surface area contributed by atoms with E-state index in [1.807, 2.05) is 0 Å². The molecule has 0 amide bonds. The molecule has 0 aliphatic carbocycles. The van der Waals surface area contributed by atoms with Crippen molar-refractivity contribution in [1.29, 1.82) is 0 Å². The Hall–Kier alpha value is 0.491. The lowest BCUT2D eigenvalue weighted by atomic mass is 10.2. The molecule has 0 heterocycles. The predicted molar refractivity (Wildman–Crippen MR) is 90.9 cm³/mol. The van der Waals surface area contributed by atoms with Crippen molar-refractivity contribution >= 4 is 26.2 Å². The lowest BCUT2D eigenvalue weighted by Crippen LogP contribution is -2.50. The van der Waals surface area contributed by atoms with Crippen LogP contribution in [0.15, 0.2) is 0 Å². The van der Waals surface area contributed by atoms with E-state index in [0.29, 0.717) is 5.54 Å². The summed E-state index contributed by atoms with van der Waals surface area (Å²) in [4.78, 5) is 0. The average molecular weight is 338 g/mol. The summed E-state index contributed by atoms with van der Waals surface area (Å²) in [5.41, 5.74) is 0.338. The zero-order valence-corrected chi connectivity index (χ0v) is 17.5. The SMILES string of the molecule is CCCCC(C[Si](C)(C)O[Si](C)C)[Si](OC)(OC)OC. The number of rotatable bonds is 11. The van der Waals surface area contributed by atoms with E-state index in [-0.39, 0.29) is 0 Å². The predicted octanol–water partition coefficient (Wildman–Crippen LogP) is 3.90. The molecule has 0 N–H and O–H groups in total. The van der Waals surface area contributed by atoms with Crippen LogP contribution < -0.4 is 0 Å². The van der Waals surface area contributed by atoms with Crippen LogP contribution in [0.1, 0.15) is 26.2 Å². The summed E-state index contributed by atoms with van der Waals surface area (Å²) in [5.74, 6) is 0. The third-order valence-corrected chi connectivity index (χ3v) is 12.4. The normalized spacial score (nSPS) is 14.8. The van der Waals surface area contributed by atoms with Crippen LogP contribution in [0, 0.1) is 0 Å². The first-order valence-corrected chi connectivity index (χ1v) is 14.7. The molecule has 7 heteroatoms. The zero-order valence-electron chi connectivity index (χ0n) is 14.5. The van der Waals surface area contributed by atoms with Crippen LogP contribution in [0.4, 0.5) is 0 Å². The lowest BCUT2D eigenvalue weighted by molar-refractivity contribution is 0.111. The molecule has 0 aliphatic heterocycles. The molecule has 1 atom stereocenters. The number of hydrogen-bond acceptors (Lipinski definition) is 4. The van der Waals surface area contributed by atoms with E-state index in [1.54, 1.807) is 21.3 Å². The van der Waals surface area contributed by atoms with Crippen molar-refractivity contribution in [2.45, 2.75) is 64.0 Å². The van der Waals surface area contributed by atoms with E-state index in [1.165, 1.54) is 12.8 Å². The highest BCUT2D eigenvalue weighted by Gasteiger charge is 2.49. The van der Waals surface area contributed by atoms with Crippen LogP contribution >= 0.6 is 0 Å². The van der Waals surface area contributed by atoms with Crippen molar-refractivity contribution in [3.63, 3.8) is 0 Å². The maximum atomic E-state index is 6.27. The minimum Gasteiger partial charge on any atom is -0.456 e. The summed E-state index contributed by atoms with van der Waals surface area (Å²) < 4.78 is 23.4. The Morgan fingerprint density at radius 2 is 1.50 bits per heavy atom. The van der Waals surface area contributed by atoms with Gasteiger partial charge in [-0.3, -0.25) is 0 Å². The van der Waals surface area contributed by atoms with Crippen molar-refractivity contribution in [3.05, 3.63) is 0 Å². The van der Waals surface area contributed by atoms with Gasteiger partial charge >= 0.3 is 8.80 Å². The van der Waals surface area contributed by atoms with Gasteiger partial charge in [0.25, 0.3) is 0 Å². The second-order valence-electron chi connectivity index (χ2n) is 6.03. The maximum absolute atomic E-state index is 6.27. The summed E-state index contributed by atoms with van der Waals surface area (Å²) >= 11 is 0. The first kappa shape index (κ1) is 20.5. The molecule has 0 rings (SSSR count). The molecule has 0 aromatic rings. The molecule has 121 valence electrons. The van der Waals surface area contributed by atoms with Crippen LogP contribution in [0.3, 0.4) is 0 Å². The highest BCUT2D eigenvalue weighted by molar-refractivity contribution is 6.79. The van der Waals surface area contributed by atoms with E-state index in [2.05, 4.69) is 33.1 Å². The summed E-state index contributed by atoms with van der Waals surface area (Å²) in [6.07, 6.45) is 3.45. The Morgan fingerprint density at radius 1 is 1.00 bits per heavy atom. The minimum absolute atomic E-state index is 0.338. The van der Waals surface area contributed by atoms with Gasteiger partial charge in [-0.1, -0.05) is 19.8 Å². The molecule has 1 radical (unpaired) electrons. The van der Waals surface area contributed by atoms with Gasteiger partial charge < -0.3 is 17.4 Å². The first-order valence-electron chi connectivity index (χ1n) is 7.41. The van der Waals surface area contributed by atoms with Gasteiger partial charge in [0.05, 0.1) is 0 Å². The van der Waals surface area contributed by atoms with Crippen molar-refractivity contribution in [2.24, 2.45) is 0 Å². The summed E-state index contributed by atoms with van der Waals surface area (Å²) in [7, 11) is 0.189. The quantitative estimate of drug-likeness (QED) is 0.536. The van der Waals surface area contributed by atoms with Gasteiger partial charge in [-0.15, -0.1) is 0 Å². The molecule has 0 bridgehead atoms. The minimum atomic E-state index is -2.58. The second kappa shape index (κ2) is 9.50. The van der Waals surface area contributed by atoms with Crippen LogP contribution in [0.25, 0.3) is 0 Å². The molecule has 0 saturated heterocycles. The van der Waals surface area contributed by atoms with Gasteiger partial charge in [0, 0.05) is 26.9 Å². The molecular weight excluding hydrogens is 304 g/mol. The summed E-state index contributed by atoms with van der Waals surface area (Å²) in [6, 6.07) is 1.05. The van der Waals surface area contributed by atoms with E-state index >= 15 is 0 Å². The van der Waals surface area contributed by atoms with Gasteiger partial charge in [0.15, 0.2) is 17.4 Å². The fourth-order valence-electron chi connectivity index (χ4n) is 2.79. The molecule has 0 saturated carbocycles.